The summed E-state index contributed by atoms with van der Waals surface area (Å²) in [4.78, 5) is 26.8. The number of rotatable bonds is 8. The highest BCUT2D eigenvalue weighted by molar-refractivity contribution is 6.18. The Bertz CT molecular complexity index is 1060. The first-order valence-corrected chi connectivity index (χ1v) is 10.6. The zero-order valence-corrected chi connectivity index (χ0v) is 18.9. The molecular weight excluding hydrogens is 394 g/mol. The zero-order chi connectivity index (χ0) is 23.5. The number of carbonyl (C=O) groups excluding carboxylic acids is 2. The minimum atomic E-state index is -0.257. The summed E-state index contributed by atoms with van der Waals surface area (Å²) in [5.74, 6) is -0.500. The molecule has 3 nitrogen and oxygen atoms in total. The van der Waals surface area contributed by atoms with Crippen LogP contribution in [0.25, 0.3) is 0 Å². The smallest absolute Gasteiger partial charge is 0.193 e. The summed E-state index contributed by atoms with van der Waals surface area (Å²) in [6.07, 6.45) is 3.02. The van der Waals surface area contributed by atoms with Gasteiger partial charge in [0.25, 0.3) is 0 Å². The third kappa shape index (κ3) is 5.79. The van der Waals surface area contributed by atoms with Crippen LogP contribution in [0.4, 0.5) is 17.1 Å². The Kier molecular flexibility index (Phi) is 9.12. The van der Waals surface area contributed by atoms with E-state index < -0.39 is 0 Å². The monoisotopic (exact) mass is 423 g/mol. The number of para-hydroxylation sites is 2. The fraction of sp³-hybridized carbons (Fsp3) is 0.103. The van der Waals surface area contributed by atoms with Crippen molar-refractivity contribution in [1.82, 2.24) is 0 Å². The number of allylic oxidation sites excluding steroid dienone is 4. The van der Waals surface area contributed by atoms with Crippen molar-refractivity contribution in [2.24, 2.45) is 0 Å². The number of ketones is 2. The molecule has 0 bridgehead atoms. The fourth-order valence-corrected chi connectivity index (χ4v) is 3.14. The molecule has 0 unspecified atom stereocenters. The van der Waals surface area contributed by atoms with Crippen LogP contribution in [0.15, 0.2) is 121 Å². The summed E-state index contributed by atoms with van der Waals surface area (Å²) in [6.45, 7) is 12.8. The number of hydrogen-bond acceptors (Lipinski definition) is 3. The van der Waals surface area contributed by atoms with Gasteiger partial charge in [0, 0.05) is 33.8 Å². The molecule has 0 spiro atoms. The molecule has 0 radical (unpaired) electrons. The number of nitrogens with zero attached hydrogens (tertiary/aromatic N) is 1. The van der Waals surface area contributed by atoms with E-state index in [-0.39, 0.29) is 22.7 Å². The molecule has 0 atom stereocenters. The van der Waals surface area contributed by atoms with Gasteiger partial charge >= 0.3 is 0 Å². The quantitative estimate of drug-likeness (QED) is 0.212. The van der Waals surface area contributed by atoms with Gasteiger partial charge in [0.15, 0.2) is 11.6 Å². The SMILES string of the molecule is C=C/C=C(\C(=C)C(C)=O)C(=O)c1ccc(N(c2ccccc2)c2ccccc2)cc1.CC. The molecule has 0 heterocycles. The molecule has 3 rings (SSSR count). The van der Waals surface area contributed by atoms with Gasteiger partial charge in [0.05, 0.1) is 0 Å². The third-order valence-corrected chi connectivity index (χ3v) is 4.70. The maximum absolute atomic E-state index is 13.0. The number of carbonyl (C=O) groups is 2. The molecule has 3 heteroatoms. The van der Waals surface area contributed by atoms with Gasteiger partial charge in [-0.1, -0.05) is 75.6 Å². The summed E-state index contributed by atoms with van der Waals surface area (Å²) < 4.78 is 0. The lowest BCUT2D eigenvalue weighted by Crippen LogP contribution is -2.12. The number of hydrogen-bond donors (Lipinski definition) is 0. The molecular formula is C29H29NO2. The normalized spacial score (nSPS) is 10.4. The standard InChI is InChI=1S/C27H23NO2.C2H6/c1-4-11-26(20(2)21(3)29)27(30)22-16-18-25(19-17-22)28(23-12-7-5-8-13-23)24-14-9-6-10-15-24;1-2/h4-19H,1-2H2,3H3;1-2H3/b26-11+;. The Balaban J connectivity index is 0.00000176. The van der Waals surface area contributed by atoms with Crippen LogP contribution in [0, 0.1) is 0 Å². The number of benzene rings is 3. The lowest BCUT2D eigenvalue weighted by molar-refractivity contribution is -0.113. The van der Waals surface area contributed by atoms with Crippen LogP contribution < -0.4 is 4.90 Å². The molecule has 0 aliphatic carbocycles. The molecule has 3 aromatic rings. The van der Waals surface area contributed by atoms with Crippen molar-refractivity contribution >= 4 is 28.6 Å². The van der Waals surface area contributed by atoms with Crippen molar-refractivity contribution in [3.8, 4) is 0 Å². The Morgan fingerprint density at radius 3 is 1.59 bits per heavy atom. The van der Waals surface area contributed by atoms with E-state index in [4.69, 9.17) is 0 Å². The van der Waals surface area contributed by atoms with Gasteiger partial charge in [0.2, 0.25) is 0 Å². The molecule has 0 saturated carbocycles. The van der Waals surface area contributed by atoms with E-state index >= 15 is 0 Å². The highest BCUT2D eigenvalue weighted by Crippen LogP contribution is 2.34. The number of Topliss-reactive ketones (excluding diaryl/α,β-unsaturated/α-hetero) is 2. The van der Waals surface area contributed by atoms with Crippen LogP contribution in [0.5, 0.6) is 0 Å². The van der Waals surface area contributed by atoms with E-state index in [1.165, 1.54) is 19.1 Å². The van der Waals surface area contributed by atoms with Crippen LogP contribution >= 0.6 is 0 Å². The van der Waals surface area contributed by atoms with E-state index in [0.29, 0.717) is 5.56 Å². The lowest BCUT2D eigenvalue weighted by Gasteiger charge is -2.25. The van der Waals surface area contributed by atoms with Crippen molar-refractivity contribution in [2.75, 3.05) is 4.90 Å². The van der Waals surface area contributed by atoms with Gasteiger partial charge in [-0.3, -0.25) is 9.59 Å². The van der Waals surface area contributed by atoms with Gasteiger partial charge in [0.1, 0.15) is 0 Å². The van der Waals surface area contributed by atoms with Gasteiger partial charge in [-0.25, -0.2) is 0 Å². The van der Waals surface area contributed by atoms with Crippen molar-refractivity contribution in [1.29, 1.82) is 0 Å². The minimum Gasteiger partial charge on any atom is -0.311 e. The lowest BCUT2D eigenvalue weighted by atomic mass is 9.95. The van der Waals surface area contributed by atoms with Gasteiger partial charge in [-0.15, -0.1) is 0 Å². The maximum Gasteiger partial charge on any atom is 0.193 e. The van der Waals surface area contributed by atoms with E-state index in [0.717, 1.165) is 17.1 Å². The molecule has 0 fully saturated rings. The van der Waals surface area contributed by atoms with Crippen LogP contribution in [-0.2, 0) is 4.79 Å². The van der Waals surface area contributed by atoms with E-state index in [9.17, 15) is 9.59 Å². The first-order valence-electron chi connectivity index (χ1n) is 10.6. The van der Waals surface area contributed by atoms with Crippen LogP contribution in [0.1, 0.15) is 31.1 Å². The largest absolute Gasteiger partial charge is 0.311 e. The van der Waals surface area contributed by atoms with Gasteiger partial charge in [-0.05, 0) is 55.5 Å². The first-order chi connectivity index (χ1) is 15.5. The van der Waals surface area contributed by atoms with Crippen LogP contribution in [0.3, 0.4) is 0 Å². The zero-order valence-electron chi connectivity index (χ0n) is 18.9. The van der Waals surface area contributed by atoms with Crippen molar-refractivity contribution in [2.45, 2.75) is 20.8 Å². The number of anilines is 3. The summed E-state index contributed by atoms with van der Waals surface area (Å²) in [7, 11) is 0. The van der Waals surface area contributed by atoms with Gasteiger partial charge < -0.3 is 4.90 Å². The second-order valence-electron chi connectivity index (χ2n) is 6.73. The Morgan fingerprint density at radius 1 is 0.750 bits per heavy atom. The molecule has 0 N–H and O–H groups in total. The Hall–Kier alpha value is -3.98. The molecule has 3 aromatic carbocycles. The summed E-state index contributed by atoms with van der Waals surface area (Å²) in [5, 5.41) is 0. The fourth-order valence-electron chi connectivity index (χ4n) is 3.14. The van der Waals surface area contributed by atoms with Crippen molar-refractivity contribution < 1.29 is 9.59 Å². The van der Waals surface area contributed by atoms with Crippen molar-refractivity contribution in [3.05, 3.63) is 127 Å². The predicted octanol–water partition coefficient (Wildman–Crippen LogP) is 7.62. The Morgan fingerprint density at radius 2 is 1.19 bits per heavy atom. The van der Waals surface area contributed by atoms with E-state index in [1.807, 2.05) is 86.6 Å². The van der Waals surface area contributed by atoms with E-state index in [2.05, 4.69) is 18.1 Å². The molecule has 0 aliphatic rings. The maximum atomic E-state index is 13.0. The average molecular weight is 424 g/mol. The second-order valence-corrected chi connectivity index (χ2v) is 6.73. The molecule has 0 aliphatic heterocycles. The molecule has 0 aromatic heterocycles. The average Bonchev–Trinajstić information content (AvgIpc) is 2.85. The van der Waals surface area contributed by atoms with Crippen LogP contribution in [-0.4, -0.2) is 11.6 Å². The predicted molar refractivity (Wildman–Crippen MR) is 135 cm³/mol. The third-order valence-electron chi connectivity index (χ3n) is 4.70. The summed E-state index contributed by atoms with van der Waals surface area (Å²) in [5.41, 5.74) is 3.87. The van der Waals surface area contributed by atoms with Crippen LogP contribution in [0.2, 0.25) is 0 Å². The molecule has 0 saturated heterocycles. The van der Waals surface area contributed by atoms with E-state index in [1.54, 1.807) is 12.1 Å². The highest BCUT2D eigenvalue weighted by atomic mass is 16.1. The topological polar surface area (TPSA) is 37.4 Å². The van der Waals surface area contributed by atoms with Crippen molar-refractivity contribution in [3.63, 3.8) is 0 Å². The highest BCUT2D eigenvalue weighted by Gasteiger charge is 2.18. The second kappa shape index (κ2) is 12.0. The summed E-state index contributed by atoms with van der Waals surface area (Å²) >= 11 is 0. The summed E-state index contributed by atoms with van der Waals surface area (Å²) in [6, 6.07) is 27.4. The Labute approximate surface area is 191 Å². The minimum absolute atomic E-state index is 0.180. The first kappa shape index (κ1) is 24.3. The molecule has 0 amide bonds. The van der Waals surface area contributed by atoms with Gasteiger partial charge in [-0.2, -0.15) is 0 Å². The molecule has 32 heavy (non-hydrogen) atoms. The molecule has 162 valence electrons.